The Kier molecular flexibility index (Phi) is 5.80. The van der Waals surface area contributed by atoms with E-state index in [1.54, 1.807) is 10.9 Å². The van der Waals surface area contributed by atoms with Gasteiger partial charge in [-0.05, 0) is 13.8 Å². The molecule has 0 aliphatic heterocycles. The van der Waals surface area contributed by atoms with Crippen molar-refractivity contribution in [2.24, 2.45) is 0 Å². The first kappa shape index (κ1) is 14.7. The van der Waals surface area contributed by atoms with Crippen LogP contribution in [0.5, 0.6) is 0 Å². The van der Waals surface area contributed by atoms with Crippen molar-refractivity contribution in [1.29, 1.82) is 0 Å². The Balaban J connectivity index is 2.55. The SMILES string of the molecule is CC(C)N(CCC(=O)O)Cc1cnn(CCO)c1. The second-order valence-corrected chi connectivity index (χ2v) is 4.54. The van der Waals surface area contributed by atoms with Crippen LogP contribution in [0, 0.1) is 0 Å². The highest BCUT2D eigenvalue weighted by Crippen LogP contribution is 2.08. The molecule has 1 aromatic rings. The van der Waals surface area contributed by atoms with Crippen molar-refractivity contribution in [2.75, 3.05) is 13.2 Å². The van der Waals surface area contributed by atoms with Crippen LogP contribution in [-0.4, -0.2) is 50.1 Å². The van der Waals surface area contributed by atoms with Gasteiger partial charge in [-0.2, -0.15) is 5.10 Å². The van der Waals surface area contributed by atoms with Crippen molar-refractivity contribution in [2.45, 2.75) is 39.4 Å². The molecule has 6 nitrogen and oxygen atoms in total. The van der Waals surface area contributed by atoms with Gasteiger partial charge < -0.3 is 10.2 Å². The lowest BCUT2D eigenvalue weighted by molar-refractivity contribution is -0.137. The monoisotopic (exact) mass is 255 g/mol. The van der Waals surface area contributed by atoms with Crippen LogP contribution in [0.25, 0.3) is 0 Å². The Morgan fingerprint density at radius 1 is 1.56 bits per heavy atom. The highest BCUT2D eigenvalue weighted by atomic mass is 16.4. The fourth-order valence-electron chi connectivity index (χ4n) is 1.71. The highest BCUT2D eigenvalue weighted by Gasteiger charge is 2.12. The minimum atomic E-state index is -0.781. The molecule has 0 radical (unpaired) electrons. The molecule has 18 heavy (non-hydrogen) atoms. The molecule has 0 aliphatic rings. The number of rotatable bonds is 8. The predicted octanol–water partition coefficient (Wildman–Crippen LogP) is 0.560. The number of aliphatic hydroxyl groups excluding tert-OH is 1. The van der Waals surface area contributed by atoms with E-state index in [-0.39, 0.29) is 19.1 Å². The molecule has 0 spiro atoms. The molecule has 0 aromatic carbocycles. The summed E-state index contributed by atoms with van der Waals surface area (Å²) in [6.45, 7) is 5.83. The van der Waals surface area contributed by atoms with E-state index >= 15 is 0 Å². The largest absolute Gasteiger partial charge is 0.481 e. The highest BCUT2D eigenvalue weighted by molar-refractivity contribution is 5.66. The van der Waals surface area contributed by atoms with E-state index in [4.69, 9.17) is 10.2 Å². The van der Waals surface area contributed by atoms with Gasteiger partial charge in [0.2, 0.25) is 0 Å². The molecule has 0 amide bonds. The number of carboxylic acids is 1. The molecule has 6 heteroatoms. The van der Waals surface area contributed by atoms with Gasteiger partial charge >= 0.3 is 5.97 Å². The van der Waals surface area contributed by atoms with Crippen molar-refractivity contribution in [1.82, 2.24) is 14.7 Å². The number of nitrogens with zero attached hydrogens (tertiary/aromatic N) is 3. The molecule has 0 fully saturated rings. The molecule has 0 aliphatic carbocycles. The lowest BCUT2D eigenvalue weighted by Gasteiger charge is -2.25. The first-order valence-corrected chi connectivity index (χ1v) is 6.11. The number of aliphatic hydroxyl groups is 1. The molecular formula is C12H21N3O3. The van der Waals surface area contributed by atoms with Crippen molar-refractivity contribution in [3.63, 3.8) is 0 Å². The Hall–Kier alpha value is -1.40. The standard InChI is InChI=1S/C12H21N3O3/c1-10(2)14(4-3-12(17)18)8-11-7-13-15(9-11)5-6-16/h7,9-10,16H,3-6,8H2,1-2H3,(H,17,18). The van der Waals surface area contributed by atoms with Crippen LogP contribution in [0.1, 0.15) is 25.8 Å². The average molecular weight is 255 g/mol. The van der Waals surface area contributed by atoms with E-state index in [9.17, 15) is 4.79 Å². The summed E-state index contributed by atoms with van der Waals surface area (Å²) < 4.78 is 1.69. The van der Waals surface area contributed by atoms with Crippen LogP contribution in [0.2, 0.25) is 0 Å². The first-order valence-electron chi connectivity index (χ1n) is 6.11. The van der Waals surface area contributed by atoms with Crippen molar-refractivity contribution < 1.29 is 15.0 Å². The number of carbonyl (C=O) groups is 1. The molecule has 1 heterocycles. The topological polar surface area (TPSA) is 78.6 Å². The van der Waals surface area contributed by atoms with E-state index in [2.05, 4.69) is 10.00 Å². The summed E-state index contributed by atoms with van der Waals surface area (Å²) in [7, 11) is 0. The van der Waals surface area contributed by atoms with Gasteiger partial charge in [0.1, 0.15) is 0 Å². The van der Waals surface area contributed by atoms with E-state index in [1.165, 1.54) is 0 Å². The quantitative estimate of drug-likeness (QED) is 0.709. The lowest BCUT2D eigenvalue weighted by atomic mass is 10.2. The number of hydrogen-bond donors (Lipinski definition) is 2. The van der Waals surface area contributed by atoms with Crippen LogP contribution < -0.4 is 0 Å². The zero-order valence-electron chi connectivity index (χ0n) is 10.9. The molecular weight excluding hydrogens is 234 g/mol. The van der Waals surface area contributed by atoms with Crippen LogP contribution in [0.15, 0.2) is 12.4 Å². The van der Waals surface area contributed by atoms with Gasteiger partial charge in [-0.1, -0.05) is 0 Å². The second kappa shape index (κ2) is 7.13. The molecule has 2 N–H and O–H groups in total. The zero-order chi connectivity index (χ0) is 13.5. The molecule has 0 bridgehead atoms. The summed E-state index contributed by atoms with van der Waals surface area (Å²) in [6.07, 6.45) is 3.78. The molecule has 1 aromatic heterocycles. The predicted molar refractivity (Wildman–Crippen MR) is 67.1 cm³/mol. The van der Waals surface area contributed by atoms with Crippen LogP contribution in [-0.2, 0) is 17.9 Å². The Labute approximate surface area is 107 Å². The van der Waals surface area contributed by atoms with Crippen molar-refractivity contribution in [3.05, 3.63) is 18.0 Å². The third kappa shape index (κ3) is 4.85. The minimum absolute atomic E-state index is 0.0635. The maximum absolute atomic E-state index is 10.6. The molecule has 1 rings (SSSR count). The Morgan fingerprint density at radius 2 is 2.28 bits per heavy atom. The molecule has 0 saturated carbocycles. The van der Waals surface area contributed by atoms with E-state index in [0.29, 0.717) is 19.6 Å². The van der Waals surface area contributed by atoms with Gasteiger partial charge in [0.05, 0.1) is 25.8 Å². The van der Waals surface area contributed by atoms with E-state index in [0.717, 1.165) is 5.56 Å². The maximum atomic E-state index is 10.6. The van der Waals surface area contributed by atoms with E-state index < -0.39 is 5.97 Å². The van der Waals surface area contributed by atoms with Gasteiger partial charge in [-0.25, -0.2) is 0 Å². The molecule has 102 valence electrons. The van der Waals surface area contributed by atoms with E-state index in [1.807, 2.05) is 20.0 Å². The summed E-state index contributed by atoms with van der Waals surface area (Å²) in [5.74, 6) is -0.781. The van der Waals surface area contributed by atoms with Crippen molar-refractivity contribution in [3.8, 4) is 0 Å². The van der Waals surface area contributed by atoms with Crippen molar-refractivity contribution >= 4 is 5.97 Å². The van der Waals surface area contributed by atoms with Gasteiger partial charge in [0.15, 0.2) is 0 Å². The van der Waals surface area contributed by atoms with Gasteiger partial charge in [0.25, 0.3) is 0 Å². The Morgan fingerprint density at radius 3 is 2.83 bits per heavy atom. The molecule has 0 unspecified atom stereocenters. The van der Waals surface area contributed by atoms with Gasteiger partial charge in [-0.15, -0.1) is 0 Å². The maximum Gasteiger partial charge on any atom is 0.304 e. The third-order valence-corrected chi connectivity index (χ3v) is 2.74. The summed E-state index contributed by atoms with van der Waals surface area (Å²) in [5.41, 5.74) is 1.03. The summed E-state index contributed by atoms with van der Waals surface area (Å²) in [6, 6.07) is 0.283. The first-order chi connectivity index (χ1) is 8.52. The number of hydrogen-bond acceptors (Lipinski definition) is 4. The average Bonchev–Trinajstić information content (AvgIpc) is 2.71. The smallest absolute Gasteiger partial charge is 0.304 e. The summed E-state index contributed by atoms with van der Waals surface area (Å²) in [5, 5.41) is 21.6. The fourth-order valence-corrected chi connectivity index (χ4v) is 1.71. The number of carboxylic acid groups (broad SMARTS) is 1. The van der Waals surface area contributed by atoms with Crippen LogP contribution in [0.4, 0.5) is 0 Å². The summed E-state index contributed by atoms with van der Waals surface area (Å²) >= 11 is 0. The third-order valence-electron chi connectivity index (χ3n) is 2.74. The van der Waals surface area contributed by atoms with Gasteiger partial charge in [0, 0.05) is 30.9 Å². The van der Waals surface area contributed by atoms with Gasteiger partial charge in [-0.3, -0.25) is 14.4 Å². The lowest BCUT2D eigenvalue weighted by Crippen LogP contribution is -2.32. The zero-order valence-corrected chi connectivity index (χ0v) is 10.9. The normalized spacial score (nSPS) is 11.4. The second-order valence-electron chi connectivity index (χ2n) is 4.54. The number of aliphatic carboxylic acids is 1. The van der Waals surface area contributed by atoms with Crippen LogP contribution in [0.3, 0.4) is 0 Å². The fraction of sp³-hybridized carbons (Fsp3) is 0.667. The molecule has 0 atom stereocenters. The summed E-state index contributed by atoms with van der Waals surface area (Å²) in [4.78, 5) is 12.7. The van der Waals surface area contributed by atoms with Crippen LogP contribution >= 0.6 is 0 Å². The Bertz CT molecular complexity index is 376. The number of aromatic nitrogens is 2. The minimum Gasteiger partial charge on any atom is -0.481 e. The molecule has 0 saturated heterocycles.